The van der Waals surface area contributed by atoms with Crippen molar-refractivity contribution in [1.29, 1.82) is 0 Å². The molecule has 0 atom stereocenters. The van der Waals surface area contributed by atoms with Gasteiger partial charge in [0.05, 0.1) is 0 Å². The third kappa shape index (κ3) is 4.76. The highest BCUT2D eigenvalue weighted by Crippen LogP contribution is 2.32. The zero-order valence-corrected chi connectivity index (χ0v) is 18.9. The van der Waals surface area contributed by atoms with Crippen molar-refractivity contribution in [2.75, 3.05) is 13.8 Å². The van der Waals surface area contributed by atoms with Crippen LogP contribution in [0.2, 0.25) is 0 Å². The molecule has 1 aliphatic rings. The van der Waals surface area contributed by atoms with Crippen molar-refractivity contribution in [3.63, 3.8) is 0 Å². The molecule has 168 valence electrons. The van der Waals surface area contributed by atoms with Crippen LogP contribution in [-0.2, 0) is 19.6 Å². The Hall–Kier alpha value is -3.62. The summed E-state index contributed by atoms with van der Waals surface area (Å²) in [6, 6.07) is 19.4. The van der Waals surface area contributed by atoms with Gasteiger partial charge < -0.3 is 19.8 Å². The van der Waals surface area contributed by atoms with E-state index in [2.05, 4.69) is 33.4 Å². The Labute approximate surface area is 194 Å². The van der Waals surface area contributed by atoms with Crippen LogP contribution in [0, 0.1) is 0 Å². The first kappa shape index (κ1) is 21.2. The van der Waals surface area contributed by atoms with Crippen LogP contribution < -0.4 is 20.3 Å². The van der Waals surface area contributed by atoms with E-state index in [9.17, 15) is 9.59 Å². The quantitative estimate of drug-likeness (QED) is 0.436. The largest absolute Gasteiger partial charge is 0.454 e. The summed E-state index contributed by atoms with van der Waals surface area (Å²) in [4.78, 5) is 31.3. The van der Waals surface area contributed by atoms with E-state index < -0.39 is 11.5 Å². The Morgan fingerprint density at radius 2 is 1.91 bits per heavy atom. The number of nitrogens with zero attached hydrogens (tertiary/aromatic N) is 1. The summed E-state index contributed by atoms with van der Waals surface area (Å²) >= 11 is 1.77. The molecule has 33 heavy (non-hydrogen) atoms. The number of carbonyl (C=O) groups is 1. The molecule has 0 unspecified atom stereocenters. The monoisotopic (exact) mass is 461 g/mol. The number of aromatic amines is 1. The van der Waals surface area contributed by atoms with E-state index >= 15 is 0 Å². The first-order chi connectivity index (χ1) is 16.0. The van der Waals surface area contributed by atoms with Crippen LogP contribution in [0.4, 0.5) is 0 Å². The zero-order valence-electron chi connectivity index (χ0n) is 18.1. The topological polar surface area (TPSA) is 83.7 Å². The molecule has 0 aliphatic carbocycles. The summed E-state index contributed by atoms with van der Waals surface area (Å²) in [6.45, 7) is 1.84. The number of rotatable bonds is 7. The number of carbonyl (C=O) groups excluding carboxylic acids is 1. The molecule has 0 bridgehead atoms. The van der Waals surface area contributed by atoms with Gasteiger partial charge in [-0.1, -0.05) is 24.3 Å². The zero-order chi connectivity index (χ0) is 22.8. The van der Waals surface area contributed by atoms with Gasteiger partial charge in [-0.2, -0.15) is 0 Å². The predicted octanol–water partition coefficient (Wildman–Crippen LogP) is 3.88. The Morgan fingerprint density at radius 1 is 1.06 bits per heavy atom. The molecule has 2 aromatic carbocycles. The molecule has 0 radical (unpaired) electrons. The molecule has 0 spiro atoms. The van der Waals surface area contributed by atoms with Gasteiger partial charge in [0.25, 0.3) is 11.5 Å². The molecule has 4 aromatic rings. The Bertz CT molecular complexity index is 1340. The van der Waals surface area contributed by atoms with E-state index in [-0.39, 0.29) is 18.9 Å². The van der Waals surface area contributed by atoms with Gasteiger partial charge in [-0.15, -0.1) is 11.3 Å². The Morgan fingerprint density at radius 3 is 2.76 bits per heavy atom. The smallest absolute Gasteiger partial charge is 0.261 e. The van der Waals surface area contributed by atoms with Gasteiger partial charge in [-0.25, -0.2) is 0 Å². The highest BCUT2D eigenvalue weighted by atomic mass is 32.1. The van der Waals surface area contributed by atoms with Gasteiger partial charge in [0.15, 0.2) is 11.5 Å². The standard InChI is InChI=1S/C25H23N3O4S/c1-28(14-19-11-17-4-2-3-5-23(17)33-19)13-18-7-8-20(25(30)27-18)24(29)26-12-16-6-9-21-22(10-16)32-15-31-21/h2-11H,12-15H2,1H3,(H,26,29)(H,27,30). The molecule has 2 N–H and O–H groups in total. The van der Waals surface area contributed by atoms with Gasteiger partial charge >= 0.3 is 0 Å². The number of ether oxygens (including phenoxy) is 2. The van der Waals surface area contributed by atoms with E-state index in [0.717, 1.165) is 17.8 Å². The number of fused-ring (bicyclic) bond motifs is 2. The van der Waals surface area contributed by atoms with Crippen LogP contribution in [0.25, 0.3) is 10.1 Å². The minimum absolute atomic E-state index is 0.0895. The first-order valence-corrected chi connectivity index (χ1v) is 11.4. The molecule has 1 aliphatic heterocycles. The van der Waals surface area contributed by atoms with Crippen LogP contribution in [0.3, 0.4) is 0 Å². The maximum Gasteiger partial charge on any atom is 0.261 e. The minimum Gasteiger partial charge on any atom is -0.454 e. The lowest BCUT2D eigenvalue weighted by molar-refractivity contribution is 0.0949. The third-order valence-corrected chi connectivity index (χ3v) is 6.55. The summed E-state index contributed by atoms with van der Waals surface area (Å²) < 4.78 is 11.9. The van der Waals surface area contributed by atoms with Crippen molar-refractivity contribution < 1.29 is 14.3 Å². The van der Waals surface area contributed by atoms with Crippen LogP contribution in [0.1, 0.15) is 26.5 Å². The molecule has 0 saturated carbocycles. The Kier molecular flexibility index (Phi) is 5.85. The summed E-state index contributed by atoms with van der Waals surface area (Å²) in [5.74, 6) is 0.928. The molecule has 3 heterocycles. The average molecular weight is 462 g/mol. The fourth-order valence-electron chi connectivity index (χ4n) is 3.84. The lowest BCUT2D eigenvalue weighted by Gasteiger charge is -2.15. The molecule has 1 amide bonds. The number of nitrogens with one attached hydrogen (secondary N) is 2. The highest BCUT2D eigenvalue weighted by molar-refractivity contribution is 7.19. The second-order valence-corrected chi connectivity index (χ2v) is 9.19. The minimum atomic E-state index is -0.418. The molecule has 0 fully saturated rings. The van der Waals surface area contributed by atoms with Gasteiger partial charge in [-0.3, -0.25) is 14.5 Å². The van der Waals surface area contributed by atoms with Crippen molar-refractivity contribution in [3.8, 4) is 11.5 Å². The Balaban J connectivity index is 1.19. The molecular weight excluding hydrogens is 438 g/mol. The molecule has 7 nitrogen and oxygen atoms in total. The van der Waals surface area contributed by atoms with Crippen molar-refractivity contribution >= 4 is 27.3 Å². The predicted molar refractivity (Wildman–Crippen MR) is 128 cm³/mol. The van der Waals surface area contributed by atoms with Gasteiger partial charge in [0.1, 0.15) is 5.56 Å². The highest BCUT2D eigenvalue weighted by Gasteiger charge is 2.15. The van der Waals surface area contributed by atoms with E-state index in [0.29, 0.717) is 18.0 Å². The molecular formula is C25H23N3O4S. The van der Waals surface area contributed by atoms with Crippen LogP contribution in [0.15, 0.2) is 65.5 Å². The number of thiophene rings is 1. The fraction of sp³-hybridized carbons (Fsp3) is 0.200. The van der Waals surface area contributed by atoms with Crippen molar-refractivity contribution in [2.45, 2.75) is 19.6 Å². The number of pyridine rings is 1. The number of amides is 1. The van der Waals surface area contributed by atoms with Crippen molar-refractivity contribution in [1.82, 2.24) is 15.2 Å². The van der Waals surface area contributed by atoms with Crippen LogP contribution >= 0.6 is 11.3 Å². The lowest BCUT2D eigenvalue weighted by atomic mass is 10.2. The molecule has 0 saturated heterocycles. The lowest BCUT2D eigenvalue weighted by Crippen LogP contribution is -2.30. The summed E-state index contributed by atoms with van der Waals surface area (Å²) in [5.41, 5.74) is 1.32. The second kappa shape index (κ2) is 9.09. The van der Waals surface area contributed by atoms with Crippen molar-refractivity contribution in [3.05, 3.63) is 92.7 Å². The van der Waals surface area contributed by atoms with Gasteiger partial charge in [0.2, 0.25) is 6.79 Å². The number of benzene rings is 2. The third-order valence-electron chi connectivity index (χ3n) is 5.45. The van der Waals surface area contributed by atoms with Crippen LogP contribution in [-0.4, -0.2) is 29.6 Å². The summed E-state index contributed by atoms with van der Waals surface area (Å²) in [7, 11) is 2.01. The summed E-state index contributed by atoms with van der Waals surface area (Å²) in [5, 5.41) is 4.03. The number of H-pyrrole nitrogens is 1. The van der Waals surface area contributed by atoms with Crippen LogP contribution in [0.5, 0.6) is 11.5 Å². The first-order valence-electron chi connectivity index (χ1n) is 10.6. The van der Waals surface area contributed by atoms with E-state index in [1.165, 1.54) is 15.0 Å². The number of aromatic nitrogens is 1. The van der Waals surface area contributed by atoms with E-state index in [1.54, 1.807) is 29.5 Å². The van der Waals surface area contributed by atoms with Crippen molar-refractivity contribution in [2.24, 2.45) is 0 Å². The van der Waals surface area contributed by atoms with Gasteiger partial charge in [0, 0.05) is 34.9 Å². The van der Waals surface area contributed by atoms with E-state index in [1.807, 2.05) is 31.3 Å². The second-order valence-electron chi connectivity index (χ2n) is 8.02. The molecule has 8 heteroatoms. The summed E-state index contributed by atoms with van der Waals surface area (Å²) in [6.07, 6.45) is 0. The van der Waals surface area contributed by atoms with Gasteiger partial charge in [-0.05, 0) is 54.4 Å². The normalized spacial score (nSPS) is 12.4. The molecule has 5 rings (SSSR count). The average Bonchev–Trinajstić information content (AvgIpc) is 3.43. The fourth-order valence-corrected chi connectivity index (χ4v) is 4.99. The SMILES string of the molecule is CN(Cc1ccc(C(=O)NCc2ccc3c(c2)OCO3)c(=O)[nH]1)Cc1cc2ccccc2s1. The van der Waals surface area contributed by atoms with E-state index in [4.69, 9.17) is 9.47 Å². The maximum atomic E-state index is 12.5. The number of hydrogen-bond acceptors (Lipinski definition) is 6. The maximum absolute atomic E-state index is 12.5. The number of hydrogen-bond donors (Lipinski definition) is 2. The molecule has 2 aromatic heterocycles.